The first-order valence-electron chi connectivity index (χ1n) is 10.5. The van der Waals surface area contributed by atoms with E-state index in [1.54, 1.807) is 0 Å². The van der Waals surface area contributed by atoms with Gasteiger partial charge in [-0.2, -0.15) is 0 Å². The summed E-state index contributed by atoms with van der Waals surface area (Å²) in [7, 11) is 0. The van der Waals surface area contributed by atoms with Crippen LogP contribution in [0.1, 0.15) is 29.5 Å². The van der Waals surface area contributed by atoms with Crippen molar-refractivity contribution in [2.75, 3.05) is 19.6 Å². The first kappa shape index (κ1) is 20.2. The monoisotopic (exact) mass is 405 g/mol. The number of piperidine rings is 1. The van der Waals surface area contributed by atoms with Gasteiger partial charge < -0.3 is 10.0 Å². The number of hydrogen-bond acceptors (Lipinski definition) is 2. The Labute approximate surface area is 178 Å². The van der Waals surface area contributed by atoms with Crippen LogP contribution in [-0.4, -0.2) is 29.6 Å². The molecule has 1 aliphatic rings. The molecule has 1 heterocycles. The maximum absolute atomic E-state index is 12.0. The lowest BCUT2D eigenvalue weighted by molar-refractivity contribution is -0.0140. The van der Waals surface area contributed by atoms with Gasteiger partial charge in [-0.1, -0.05) is 84.4 Å². The topological polar surface area (TPSA) is 23.5 Å². The summed E-state index contributed by atoms with van der Waals surface area (Å²) in [5.74, 6) is 0.207. The van der Waals surface area contributed by atoms with E-state index in [1.165, 1.54) is 5.56 Å². The molecule has 0 atom stereocenters. The molecule has 0 amide bonds. The van der Waals surface area contributed by atoms with Crippen LogP contribution in [0.15, 0.2) is 84.9 Å². The predicted molar refractivity (Wildman–Crippen MR) is 120 cm³/mol. The summed E-state index contributed by atoms with van der Waals surface area (Å²) in [5, 5.41) is 12.8. The Morgan fingerprint density at radius 3 is 1.83 bits per heavy atom. The summed E-state index contributed by atoms with van der Waals surface area (Å²) < 4.78 is 0. The molecule has 0 aromatic heterocycles. The van der Waals surface area contributed by atoms with Crippen molar-refractivity contribution in [3.8, 4) is 0 Å². The third-order valence-corrected chi connectivity index (χ3v) is 6.49. The summed E-state index contributed by atoms with van der Waals surface area (Å²) in [4.78, 5) is 2.52. The Balaban J connectivity index is 1.45. The Morgan fingerprint density at radius 2 is 1.31 bits per heavy atom. The number of benzene rings is 3. The van der Waals surface area contributed by atoms with Crippen LogP contribution in [0.2, 0.25) is 5.02 Å². The first-order chi connectivity index (χ1) is 14.2. The van der Waals surface area contributed by atoms with E-state index in [-0.39, 0.29) is 5.92 Å². The third-order valence-electron chi connectivity index (χ3n) is 6.24. The molecule has 4 rings (SSSR count). The van der Waals surface area contributed by atoms with Crippen molar-refractivity contribution in [1.29, 1.82) is 0 Å². The Kier molecular flexibility index (Phi) is 6.34. The number of hydrogen-bond donors (Lipinski definition) is 1. The molecule has 1 aliphatic heterocycles. The van der Waals surface area contributed by atoms with Gasteiger partial charge in [0.2, 0.25) is 0 Å². The third kappa shape index (κ3) is 4.56. The standard InChI is InChI=1S/C26H28ClNO/c27-25-13-11-21(12-14-25)15-18-28-19-16-24(17-20-28)26(29,22-7-3-1-4-8-22)23-9-5-2-6-10-23/h1-14,24,29H,15-20H2. The van der Waals surface area contributed by atoms with E-state index >= 15 is 0 Å². The number of likely N-dealkylation sites (tertiary alicyclic amines) is 1. The largest absolute Gasteiger partial charge is 0.380 e. The van der Waals surface area contributed by atoms with Crippen molar-refractivity contribution in [3.05, 3.63) is 107 Å². The van der Waals surface area contributed by atoms with Gasteiger partial charge in [-0.05, 0) is 67.1 Å². The second kappa shape index (κ2) is 9.13. The second-order valence-electron chi connectivity index (χ2n) is 7.99. The molecule has 0 radical (unpaired) electrons. The highest BCUT2D eigenvalue weighted by Crippen LogP contribution is 2.41. The number of aliphatic hydroxyl groups is 1. The van der Waals surface area contributed by atoms with Gasteiger partial charge in [-0.3, -0.25) is 0 Å². The van der Waals surface area contributed by atoms with Gasteiger partial charge in [0.25, 0.3) is 0 Å². The maximum Gasteiger partial charge on any atom is 0.117 e. The Hall–Kier alpha value is -2.13. The SMILES string of the molecule is OC(c1ccccc1)(c1ccccc1)C1CCN(CCc2ccc(Cl)cc2)CC1. The fraction of sp³-hybridized carbons (Fsp3) is 0.308. The molecule has 29 heavy (non-hydrogen) atoms. The van der Waals surface area contributed by atoms with Crippen molar-refractivity contribution < 1.29 is 5.11 Å². The van der Waals surface area contributed by atoms with E-state index in [2.05, 4.69) is 41.3 Å². The Morgan fingerprint density at radius 1 is 0.793 bits per heavy atom. The molecule has 0 spiro atoms. The first-order valence-corrected chi connectivity index (χ1v) is 10.8. The highest BCUT2D eigenvalue weighted by atomic mass is 35.5. The van der Waals surface area contributed by atoms with Crippen LogP contribution in [-0.2, 0) is 12.0 Å². The summed E-state index contributed by atoms with van der Waals surface area (Å²) in [6.07, 6.45) is 3.01. The Bertz CT molecular complexity index is 848. The fourth-order valence-corrected chi connectivity index (χ4v) is 4.66. The van der Waals surface area contributed by atoms with Crippen molar-refractivity contribution in [2.45, 2.75) is 24.9 Å². The quantitative estimate of drug-likeness (QED) is 0.582. The summed E-state index contributed by atoms with van der Waals surface area (Å²) >= 11 is 5.99. The molecule has 3 aromatic carbocycles. The van der Waals surface area contributed by atoms with Crippen LogP contribution in [0.5, 0.6) is 0 Å². The van der Waals surface area contributed by atoms with Crippen molar-refractivity contribution >= 4 is 11.6 Å². The molecular weight excluding hydrogens is 378 g/mol. The van der Waals surface area contributed by atoms with Gasteiger partial charge in [-0.15, -0.1) is 0 Å². The smallest absolute Gasteiger partial charge is 0.117 e. The van der Waals surface area contributed by atoms with Gasteiger partial charge in [-0.25, -0.2) is 0 Å². The molecule has 1 N–H and O–H groups in total. The highest BCUT2D eigenvalue weighted by molar-refractivity contribution is 6.30. The predicted octanol–water partition coefficient (Wildman–Crippen LogP) is 5.53. The normalized spacial score (nSPS) is 16.1. The molecule has 1 saturated heterocycles. The fourth-order valence-electron chi connectivity index (χ4n) is 4.54. The summed E-state index contributed by atoms with van der Waals surface area (Å²) in [6.45, 7) is 3.07. The average molecular weight is 406 g/mol. The minimum absolute atomic E-state index is 0.207. The van der Waals surface area contributed by atoms with Gasteiger partial charge in [0, 0.05) is 11.6 Å². The van der Waals surface area contributed by atoms with Crippen LogP contribution in [0.25, 0.3) is 0 Å². The summed E-state index contributed by atoms with van der Waals surface area (Å²) in [6, 6.07) is 28.5. The number of halogens is 1. The average Bonchev–Trinajstić information content (AvgIpc) is 2.80. The maximum atomic E-state index is 12.0. The molecule has 150 valence electrons. The molecule has 2 nitrogen and oxygen atoms in total. The van der Waals surface area contributed by atoms with Crippen molar-refractivity contribution in [3.63, 3.8) is 0 Å². The zero-order valence-electron chi connectivity index (χ0n) is 16.7. The van der Waals surface area contributed by atoms with E-state index in [0.29, 0.717) is 0 Å². The highest BCUT2D eigenvalue weighted by Gasteiger charge is 2.41. The molecule has 0 aliphatic carbocycles. The van der Waals surface area contributed by atoms with Crippen LogP contribution in [0, 0.1) is 5.92 Å². The van der Waals surface area contributed by atoms with Crippen molar-refractivity contribution in [2.24, 2.45) is 5.92 Å². The molecule has 0 unspecified atom stereocenters. The van der Waals surface area contributed by atoms with Crippen LogP contribution in [0.3, 0.4) is 0 Å². The lowest BCUT2D eigenvalue weighted by Crippen LogP contribution is -2.44. The van der Waals surface area contributed by atoms with Crippen LogP contribution in [0.4, 0.5) is 0 Å². The van der Waals surface area contributed by atoms with E-state index in [9.17, 15) is 5.11 Å². The van der Waals surface area contributed by atoms with E-state index in [0.717, 1.165) is 55.0 Å². The van der Waals surface area contributed by atoms with Gasteiger partial charge in [0.1, 0.15) is 5.60 Å². The van der Waals surface area contributed by atoms with E-state index in [4.69, 9.17) is 11.6 Å². The second-order valence-corrected chi connectivity index (χ2v) is 8.43. The van der Waals surface area contributed by atoms with Gasteiger partial charge in [0.15, 0.2) is 0 Å². The van der Waals surface area contributed by atoms with Crippen LogP contribution >= 0.6 is 11.6 Å². The van der Waals surface area contributed by atoms with Crippen molar-refractivity contribution in [1.82, 2.24) is 4.90 Å². The van der Waals surface area contributed by atoms with E-state index in [1.807, 2.05) is 48.5 Å². The molecule has 0 saturated carbocycles. The number of rotatable bonds is 6. The molecule has 1 fully saturated rings. The van der Waals surface area contributed by atoms with Crippen LogP contribution < -0.4 is 0 Å². The van der Waals surface area contributed by atoms with Gasteiger partial charge in [0.05, 0.1) is 0 Å². The lowest BCUT2D eigenvalue weighted by atomic mass is 9.72. The zero-order chi connectivity index (χ0) is 20.1. The molecular formula is C26H28ClNO. The van der Waals surface area contributed by atoms with Gasteiger partial charge >= 0.3 is 0 Å². The number of nitrogens with zero attached hydrogens (tertiary/aromatic N) is 1. The lowest BCUT2D eigenvalue weighted by Gasteiger charge is -2.42. The molecule has 3 aromatic rings. The summed E-state index contributed by atoms with van der Waals surface area (Å²) in [5.41, 5.74) is 2.36. The molecule has 0 bridgehead atoms. The van der Waals surface area contributed by atoms with E-state index < -0.39 is 5.60 Å². The minimum Gasteiger partial charge on any atom is -0.380 e. The zero-order valence-corrected chi connectivity index (χ0v) is 17.4. The molecule has 3 heteroatoms. The minimum atomic E-state index is -0.940.